The molecule has 4 heteroatoms. The van der Waals surface area contributed by atoms with Crippen LogP contribution < -0.4 is 0 Å². The van der Waals surface area contributed by atoms with Gasteiger partial charge in [-0.05, 0) is 50.8 Å². The van der Waals surface area contributed by atoms with Gasteiger partial charge in [0.2, 0.25) is 9.84 Å². The molecule has 1 N–H and O–H groups in total. The first-order valence-corrected chi connectivity index (χ1v) is 8.56. The molecule has 0 aliphatic carbocycles. The fourth-order valence-electron chi connectivity index (χ4n) is 1.97. The summed E-state index contributed by atoms with van der Waals surface area (Å²) < 4.78 is 25.5. The van der Waals surface area contributed by atoms with Crippen LogP contribution >= 0.6 is 0 Å². The summed E-state index contributed by atoms with van der Waals surface area (Å²) in [4.78, 5) is 0.153. The first-order chi connectivity index (χ1) is 9.64. The molecule has 0 heterocycles. The zero-order valence-electron chi connectivity index (χ0n) is 13.3. The predicted octanol–water partition coefficient (Wildman–Crippen LogP) is 3.62. The molecule has 21 heavy (non-hydrogen) atoms. The van der Waals surface area contributed by atoms with E-state index in [9.17, 15) is 13.5 Å². The van der Waals surface area contributed by atoms with Crippen LogP contribution in [-0.2, 0) is 9.84 Å². The Hall–Kier alpha value is -1.35. The van der Waals surface area contributed by atoms with Crippen molar-refractivity contribution in [2.75, 3.05) is 0 Å². The van der Waals surface area contributed by atoms with Crippen molar-refractivity contribution in [3.8, 4) is 0 Å². The average Bonchev–Trinajstić information content (AvgIpc) is 2.35. The molecule has 0 aliphatic heterocycles. The summed E-state index contributed by atoms with van der Waals surface area (Å²) in [6.45, 7) is 9.33. The SMILES string of the molecule is CC(C)=C=C(C(O)CC(C)C)S(=O)(=O)c1ccc(C)cc1. The molecule has 1 aromatic carbocycles. The third-order valence-corrected chi connectivity index (χ3v) is 4.84. The summed E-state index contributed by atoms with van der Waals surface area (Å²) >= 11 is 0. The quantitative estimate of drug-likeness (QED) is 0.845. The van der Waals surface area contributed by atoms with Gasteiger partial charge in [-0.2, -0.15) is 0 Å². The Bertz CT molecular complexity index is 642. The molecule has 0 spiro atoms. The minimum absolute atomic E-state index is 0.0416. The van der Waals surface area contributed by atoms with E-state index in [-0.39, 0.29) is 15.7 Å². The van der Waals surface area contributed by atoms with Gasteiger partial charge in [-0.25, -0.2) is 8.42 Å². The highest BCUT2D eigenvalue weighted by atomic mass is 32.2. The Morgan fingerprint density at radius 2 is 1.71 bits per heavy atom. The molecule has 1 atom stereocenters. The Labute approximate surface area is 127 Å². The van der Waals surface area contributed by atoms with Gasteiger partial charge >= 0.3 is 0 Å². The number of aryl methyl sites for hydroxylation is 1. The van der Waals surface area contributed by atoms with Crippen molar-refractivity contribution < 1.29 is 13.5 Å². The molecule has 0 saturated carbocycles. The van der Waals surface area contributed by atoms with Gasteiger partial charge in [0.25, 0.3) is 0 Å². The van der Waals surface area contributed by atoms with Crippen molar-refractivity contribution in [3.05, 3.63) is 46.0 Å². The van der Waals surface area contributed by atoms with E-state index in [0.717, 1.165) is 11.1 Å². The molecule has 0 aromatic heterocycles. The Morgan fingerprint density at radius 1 is 1.19 bits per heavy atom. The molecule has 0 amide bonds. The molecule has 116 valence electrons. The van der Waals surface area contributed by atoms with Gasteiger partial charge in [-0.3, -0.25) is 0 Å². The maximum absolute atomic E-state index is 12.7. The molecule has 0 saturated heterocycles. The van der Waals surface area contributed by atoms with Crippen LogP contribution in [0.25, 0.3) is 0 Å². The summed E-state index contributed by atoms with van der Waals surface area (Å²) in [5, 5.41) is 10.3. The Balaban J connectivity index is 3.39. The molecule has 1 rings (SSSR count). The lowest BCUT2D eigenvalue weighted by Crippen LogP contribution is -2.20. The first kappa shape index (κ1) is 17.7. The number of hydrogen-bond donors (Lipinski definition) is 1. The summed E-state index contributed by atoms with van der Waals surface area (Å²) in [7, 11) is -3.72. The van der Waals surface area contributed by atoms with Crippen LogP contribution in [0.1, 0.15) is 39.7 Å². The van der Waals surface area contributed by atoms with Gasteiger partial charge in [0.1, 0.15) is 4.91 Å². The lowest BCUT2D eigenvalue weighted by molar-refractivity contribution is 0.190. The fraction of sp³-hybridized carbons (Fsp3) is 0.471. The Morgan fingerprint density at radius 3 is 2.14 bits per heavy atom. The predicted molar refractivity (Wildman–Crippen MR) is 85.7 cm³/mol. The van der Waals surface area contributed by atoms with Crippen LogP contribution in [0.2, 0.25) is 0 Å². The van der Waals surface area contributed by atoms with E-state index in [1.807, 2.05) is 20.8 Å². The summed E-state index contributed by atoms with van der Waals surface area (Å²) in [6, 6.07) is 6.64. The van der Waals surface area contributed by atoms with E-state index >= 15 is 0 Å². The number of sulfone groups is 1. The molecular formula is C17H24O3S. The van der Waals surface area contributed by atoms with Crippen LogP contribution in [0.15, 0.2) is 45.4 Å². The summed E-state index contributed by atoms with van der Waals surface area (Å²) in [5.74, 6) is 0.196. The molecular weight excluding hydrogens is 284 g/mol. The zero-order chi connectivity index (χ0) is 16.2. The standard InChI is InChI=1S/C17H24O3S/c1-12(2)10-16(18)17(11-13(3)4)21(19,20)15-8-6-14(5)7-9-15/h6-9,12,16,18H,10H2,1-5H3. The van der Waals surface area contributed by atoms with Crippen molar-refractivity contribution in [1.82, 2.24) is 0 Å². The van der Waals surface area contributed by atoms with Crippen LogP contribution in [0.3, 0.4) is 0 Å². The van der Waals surface area contributed by atoms with E-state index in [4.69, 9.17) is 0 Å². The number of aliphatic hydroxyl groups excluding tert-OH is 1. The average molecular weight is 308 g/mol. The third kappa shape index (κ3) is 4.85. The molecule has 1 aromatic rings. The third-order valence-electron chi connectivity index (χ3n) is 2.99. The largest absolute Gasteiger partial charge is 0.387 e. The van der Waals surface area contributed by atoms with Crippen molar-refractivity contribution in [3.63, 3.8) is 0 Å². The van der Waals surface area contributed by atoms with Gasteiger partial charge in [0.05, 0.1) is 11.0 Å². The van der Waals surface area contributed by atoms with E-state index in [1.165, 1.54) is 0 Å². The highest BCUT2D eigenvalue weighted by molar-refractivity contribution is 7.95. The molecule has 1 unspecified atom stereocenters. The van der Waals surface area contributed by atoms with Crippen LogP contribution in [-0.4, -0.2) is 19.6 Å². The Kier molecular flexibility index (Phi) is 5.97. The molecule has 3 nitrogen and oxygen atoms in total. The molecule has 0 radical (unpaired) electrons. The monoisotopic (exact) mass is 308 g/mol. The van der Waals surface area contributed by atoms with Crippen molar-refractivity contribution in [2.24, 2.45) is 5.92 Å². The second kappa shape index (κ2) is 7.08. The lowest BCUT2D eigenvalue weighted by Gasteiger charge is -2.16. The zero-order valence-corrected chi connectivity index (χ0v) is 14.2. The number of aliphatic hydroxyl groups is 1. The maximum atomic E-state index is 12.7. The summed E-state index contributed by atoms with van der Waals surface area (Å²) in [6.07, 6.45) is -0.646. The first-order valence-electron chi connectivity index (χ1n) is 7.08. The van der Waals surface area contributed by atoms with E-state index in [0.29, 0.717) is 6.42 Å². The minimum atomic E-state index is -3.72. The smallest absolute Gasteiger partial charge is 0.212 e. The number of benzene rings is 1. The second-order valence-corrected chi connectivity index (χ2v) is 7.87. The lowest BCUT2D eigenvalue weighted by atomic mass is 10.1. The number of rotatable bonds is 5. The van der Waals surface area contributed by atoms with E-state index in [1.54, 1.807) is 38.1 Å². The van der Waals surface area contributed by atoms with Crippen LogP contribution in [0, 0.1) is 12.8 Å². The van der Waals surface area contributed by atoms with E-state index < -0.39 is 15.9 Å². The van der Waals surface area contributed by atoms with Crippen molar-refractivity contribution in [1.29, 1.82) is 0 Å². The highest BCUT2D eigenvalue weighted by Gasteiger charge is 2.27. The van der Waals surface area contributed by atoms with Crippen molar-refractivity contribution in [2.45, 2.75) is 52.0 Å². The second-order valence-electron chi connectivity index (χ2n) is 5.95. The molecule has 0 aliphatic rings. The number of hydrogen-bond acceptors (Lipinski definition) is 3. The van der Waals surface area contributed by atoms with Gasteiger partial charge in [-0.15, -0.1) is 5.73 Å². The van der Waals surface area contributed by atoms with Crippen LogP contribution in [0.4, 0.5) is 0 Å². The topological polar surface area (TPSA) is 54.4 Å². The van der Waals surface area contributed by atoms with Crippen LogP contribution in [0.5, 0.6) is 0 Å². The van der Waals surface area contributed by atoms with E-state index in [2.05, 4.69) is 5.73 Å². The highest BCUT2D eigenvalue weighted by Crippen LogP contribution is 2.25. The molecule has 0 fully saturated rings. The minimum Gasteiger partial charge on any atom is -0.387 e. The normalized spacial score (nSPS) is 12.9. The van der Waals surface area contributed by atoms with Gasteiger partial charge in [0.15, 0.2) is 0 Å². The fourth-order valence-corrected chi connectivity index (χ4v) is 3.52. The summed E-state index contributed by atoms with van der Waals surface area (Å²) in [5.41, 5.74) is 4.55. The van der Waals surface area contributed by atoms with Crippen molar-refractivity contribution >= 4 is 9.84 Å². The van der Waals surface area contributed by atoms with Gasteiger partial charge in [0, 0.05) is 0 Å². The maximum Gasteiger partial charge on any atom is 0.212 e. The molecule has 0 bridgehead atoms. The van der Waals surface area contributed by atoms with Gasteiger partial charge in [-0.1, -0.05) is 31.5 Å². The van der Waals surface area contributed by atoms with Gasteiger partial charge < -0.3 is 5.11 Å².